The lowest BCUT2D eigenvalue weighted by Gasteiger charge is -2.37. The fourth-order valence-corrected chi connectivity index (χ4v) is 4.03. The van der Waals surface area contributed by atoms with Crippen molar-refractivity contribution in [2.45, 2.75) is 44.6 Å². The molecule has 7 nitrogen and oxygen atoms in total. The van der Waals surface area contributed by atoms with Gasteiger partial charge in [0, 0.05) is 45.1 Å². The summed E-state index contributed by atoms with van der Waals surface area (Å²) >= 11 is 0. The fourth-order valence-electron chi connectivity index (χ4n) is 4.03. The van der Waals surface area contributed by atoms with Gasteiger partial charge in [-0.2, -0.15) is 0 Å². The van der Waals surface area contributed by atoms with Crippen LogP contribution in [0.25, 0.3) is 0 Å². The smallest absolute Gasteiger partial charge is 0.237 e. The summed E-state index contributed by atoms with van der Waals surface area (Å²) in [7, 11) is 0. The van der Waals surface area contributed by atoms with E-state index in [9.17, 15) is 9.59 Å². The van der Waals surface area contributed by atoms with Crippen molar-refractivity contribution in [1.82, 2.24) is 20.5 Å². The number of nitrogens with zero attached hydrogens (tertiary/aromatic N) is 2. The molecule has 0 radical (unpaired) electrons. The van der Waals surface area contributed by atoms with Gasteiger partial charge in [-0.05, 0) is 30.9 Å². The molecular formula is C20H31N5O2. The van der Waals surface area contributed by atoms with Crippen molar-refractivity contribution in [3.8, 4) is 0 Å². The van der Waals surface area contributed by atoms with Crippen molar-refractivity contribution in [3.63, 3.8) is 0 Å². The molecule has 2 amide bonds. The minimum atomic E-state index is -0.341. The number of amides is 2. The van der Waals surface area contributed by atoms with E-state index in [1.54, 1.807) is 12.4 Å². The Bertz CT molecular complexity index is 604. The van der Waals surface area contributed by atoms with Crippen LogP contribution >= 0.6 is 0 Å². The Morgan fingerprint density at radius 3 is 2.89 bits per heavy atom. The topological polar surface area (TPSA) is 86.4 Å². The van der Waals surface area contributed by atoms with Crippen molar-refractivity contribution >= 4 is 17.5 Å². The largest absolute Gasteiger partial charge is 0.382 e. The quantitative estimate of drug-likeness (QED) is 0.600. The molecule has 0 bridgehead atoms. The van der Waals surface area contributed by atoms with Crippen LogP contribution in [0.5, 0.6) is 0 Å². The molecule has 1 aromatic rings. The summed E-state index contributed by atoms with van der Waals surface area (Å²) in [5.74, 6) is 0.582. The van der Waals surface area contributed by atoms with Crippen molar-refractivity contribution in [1.29, 1.82) is 0 Å². The highest BCUT2D eigenvalue weighted by molar-refractivity contribution is 5.88. The van der Waals surface area contributed by atoms with Gasteiger partial charge in [0.1, 0.15) is 0 Å². The standard InChI is InChI=1S/C20H31N5O2/c26-19(23-10-9-22-17-7-4-8-21-14-17)13-18-20(27)24-11-12-25(18)15-16-5-2-1-3-6-16/h4,7-8,14,16,18,22H,1-3,5-6,9-13,15H2,(H,23,26)(H,24,27). The second kappa shape index (κ2) is 10.3. The van der Waals surface area contributed by atoms with Gasteiger partial charge in [0.2, 0.25) is 11.8 Å². The summed E-state index contributed by atoms with van der Waals surface area (Å²) in [5, 5.41) is 9.04. The zero-order valence-corrected chi connectivity index (χ0v) is 16.0. The van der Waals surface area contributed by atoms with E-state index in [1.807, 2.05) is 12.1 Å². The molecule has 0 aromatic carbocycles. The molecule has 1 unspecified atom stereocenters. The molecule has 1 saturated carbocycles. The summed E-state index contributed by atoms with van der Waals surface area (Å²) in [6.07, 6.45) is 10.1. The van der Waals surface area contributed by atoms with Crippen molar-refractivity contribution in [2.24, 2.45) is 5.92 Å². The number of rotatable bonds is 8. The van der Waals surface area contributed by atoms with Gasteiger partial charge in [-0.15, -0.1) is 0 Å². The van der Waals surface area contributed by atoms with Crippen molar-refractivity contribution in [3.05, 3.63) is 24.5 Å². The predicted octanol–water partition coefficient (Wildman–Crippen LogP) is 1.38. The summed E-state index contributed by atoms with van der Waals surface area (Å²) in [5.41, 5.74) is 0.928. The monoisotopic (exact) mass is 373 g/mol. The molecular weight excluding hydrogens is 342 g/mol. The molecule has 1 saturated heterocycles. The van der Waals surface area contributed by atoms with Crippen molar-refractivity contribution < 1.29 is 9.59 Å². The molecule has 1 aromatic heterocycles. The Hall–Kier alpha value is -2.15. The van der Waals surface area contributed by atoms with E-state index in [1.165, 1.54) is 32.1 Å². The third kappa shape index (κ3) is 6.20. The zero-order valence-electron chi connectivity index (χ0n) is 16.0. The number of pyridine rings is 1. The van der Waals surface area contributed by atoms with Gasteiger partial charge >= 0.3 is 0 Å². The highest BCUT2D eigenvalue weighted by Gasteiger charge is 2.32. The Kier molecular flexibility index (Phi) is 7.45. The van der Waals surface area contributed by atoms with Crippen LogP contribution < -0.4 is 16.0 Å². The molecule has 3 rings (SSSR count). The predicted molar refractivity (Wildman–Crippen MR) is 105 cm³/mol. The molecule has 148 valence electrons. The van der Waals surface area contributed by atoms with Crippen LogP contribution in [0.15, 0.2) is 24.5 Å². The maximum Gasteiger partial charge on any atom is 0.237 e. The Balaban J connectivity index is 1.42. The van der Waals surface area contributed by atoms with E-state index in [0.29, 0.717) is 25.6 Å². The number of carbonyl (C=O) groups excluding carboxylic acids is 2. The number of nitrogens with one attached hydrogen (secondary N) is 3. The fraction of sp³-hybridized carbons (Fsp3) is 0.650. The first-order chi connectivity index (χ1) is 13.2. The lowest BCUT2D eigenvalue weighted by molar-refractivity contribution is -0.134. The number of hydrogen-bond donors (Lipinski definition) is 3. The first kappa shape index (κ1) is 19.6. The van der Waals surface area contributed by atoms with E-state index >= 15 is 0 Å². The Labute approximate surface area is 161 Å². The van der Waals surface area contributed by atoms with E-state index < -0.39 is 0 Å². The number of anilines is 1. The van der Waals surface area contributed by atoms with Gasteiger partial charge in [-0.1, -0.05) is 19.3 Å². The van der Waals surface area contributed by atoms with E-state index in [0.717, 1.165) is 18.8 Å². The summed E-state index contributed by atoms with van der Waals surface area (Å²) in [6.45, 7) is 3.60. The first-order valence-electron chi connectivity index (χ1n) is 10.1. The average Bonchev–Trinajstić information content (AvgIpc) is 2.70. The van der Waals surface area contributed by atoms with Gasteiger partial charge in [0.15, 0.2) is 0 Å². The molecule has 2 heterocycles. The van der Waals surface area contributed by atoms with Gasteiger partial charge in [-0.25, -0.2) is 0 Å². The molecule has 27 heavy (non-hydrogen) atoms. The Morgan fingerprint density at radius 2 is 2.11 bits per heavy atom. The van der Waals surface area contributed by atoms with E-state index in [4.69, 9.17) is 0 Å². The third-order valence-corrected chi connectivity index (χ3v) is 5.48. The van der Waals surface area contributed by atoms with E-state index in [-0.39, 0.29) is 24.3 Å². The van der Waals surface area contributed by atoms with Gasteiger partial charge in [0.05, 0.1) is 18.2 Å². The minimum Gasteiger partial charge on any atom is -0.382 e. The molecule has 1 aliphatic carbocycles. The number of piperazine rings is 1. The van der Waals surface area contributed by atoms with Crippen LogP contribution in [0.4, 0.5) is 5.69 Å². The maximum atomic E-state index is 12.3. The lowest BCUT2D eigenvalue weighted by atomic mass is 9.88. The van der Waals surface area contributed by atoms with Crippen LogP contribution in [-0.2, 0) is 9.59 Å². The van der Waals surface area contributed by atoms with Crippen LogP contribution in [-0.4, -0.2) is 60.5 Å². The lowest BCUT2D eigenvalue weighted by Crippen LogP contribution is -2.57. The van der Waals surface area contributed by atoms with Crippen LogP contribution in [0.2, 0.25) is 0 Å². The summed E-state index contributed by atoms with van der Waals surface area (Å²) in [4.78, 5) is 31.0. The SMILES string of the molecule is O=C(CC1C(=O)NCCN1CC1CCCCC1)NCCNc1cccnc1. The van der Waals surface area contributed by atoms with Gasteiger partial charge in [-0.3, -0.25) is 19.5 Å². The molecule has 1 aliphatic heterocycles. The van der Waals surface area contributed by atoms with Crippen LogP contribution in [0.3, 0.4) is 0 Å². The normalized spacial score (nSPS) is 21.5. The van der Waals surface area contributed by atoms with Crippen LogP contribution in [0, 0.1) is 5.92 Å². The molecule has 2 fully saturated rings. The molecule has 2 aliphatic rings. The zero-order chi connectivity index (χ0) is 18.9. The highest BCUT2D eigenvalue weighted by Crippen LogP contribution is 2.25. The van der Waals surface area contributed by atoms with Gasteiger partial charge < -0.3 is 16.0 Å². The van der Waals surface area contributed by atoms with Crippen molar-refractivity contribution in [2.75, 3.05) is 38.0 Å². The molecule has 7 heteroatoms. The second-order valence-corrected chi connectivity index (χ2v) is 7.53. The first-order valence-corrected chi connectivity index (χ1v) is 10.1. The second-order valence-electron chi connectivity index (χ2n) is 7.53. The summed E-state index contributed by atoms with van der Waals surface area (Å²) in [6, 6.07) is 3.46. The minimum absolute atomic E-state index is 0.0132. The summed E-state index contributed by atoms with van der Waals surface area (Å²) < 4.78 is 0. The Morgan fingerprint density at radius 1 is 1.26 bits per heavy atom. The highest BCUT2D eigenvalue weighted by atomic mass is 16.2. The molecule has 1 atom stereocenters. The number of hydrogen-bond acceptors (Lipinski definition) is 5. The molecule has 3 N–H and O–H groups in total. The molecule has 0 spiro atoms. The average molecular weight is 374 g/mol. The van der Waals surface area contributed by atoms with Crippen LogP contribution in [0.1, 0.15) is 38.5 Å². The number of carbonyl (C=O) groups is 2. The van der Waals surface area contributed by atoms with E-state index in [2.05, 4.69) is 25.8 Å². The maximum absolute atomic E-state index is 12.3. The van der Waals surface area contributed by atoms with Gasteiger partial charge in [0.25, 0.3) is 0 Å². The number of aromatic nitrogens is 1. The third-order valence-electron chi connectivity index (χ3n) is 5.48.